The van der Waals surface area contributed by atoms with Crippen LogP contribution < -0.4 is 0 Å². The van der Waals surface area contributed by atoms with Crippen LogP contribution in [0.3, 0.4) is 0 Å². The first-order valence-electron chi connectivity index (χ1n) is 4.60. The molecule has 1 aromatic carbocycles. The van der Waals surface area contributed by atoms with E-state index < -0.39 is 5.97 Å². The van der Waals surface area contributed by atoms with Crippen molar-refractivity contribution < 1.29 is 9.90 Å². The molecule has 0 unspecified atom stereocenters. The van der Waals surface area contributed by atoms with Crippen LogP contribution in [0.25, 0.3) is 0 Å². The summed E-state index contributed by atoms with van der Waals surface area (Å²) in [6, 6.07) is 7.78. The maximum atomic E-state index is 10.8. The fourth-order valence-corrected chi connectivity index (χ4v) is 1.58. The summed E-state index contributed by atoms with van der Waals surface area (Å²) >= 11 is 3.34. The summed E-state index contributed by atoms with van der Waals surface area (Å²) in [6.45, 7) is 1.90. The third kappa shape index (κ3) is 3.14. The first kappa shape index (κ1) is 11.2. The van der Waals surface area contributed by atoms with Crippen LogP contribution in [0.15, 0.2) is 28.7 Å². The lowest BCUT2D eigenvalue weighted by Gasteiger charge is -2.09. The minimum Gasteiger partial charge on any atom is -0.481 e. The highest BCUT2D eigenvalue weighted by Gasteiger charge is 2.14. The second-order valence-electron chi connectivity index (χ2n) is 3.27. The van der Waals surface area contributed by atoms with Crippen molar-refractivity contribution in [3.8, 4) is 0 Å². The Bertz CT molecular complexity index is 306. The van der Waals surface area contributed by atoms with E-state index >= 15 is 0 Å². The summed E-state index contributed by atoms with van der Waals surface area (Å²) in [7, 11) is 0. The van der Waals surface area contributed by atoms with Gasteiger partial charge in [0.2, 0.25) is 0 Å². The molecule has 0 bridgehead atoms. The quantitative estimate of drug-likeness (QED) is 0.899. The third-order valence-corrected chi connectivity index (χ3v) is 2.77. The molecule has 0 spiro atoms. The Hall–Kier alpha value is -0.830. The molecule has 0 aliphatic rings. The molecule has 14 heavy (non-hydrogen) atoms. The van der Waals surface area contributed by atoms with Gasteiger partial charge in [0.1, 0.15) is 0 Å². The van der Waals surface area contributed by atoms with Crippen molar-refractivity contribution in [2.24, 2.45) is 5.92 Å². The summed E-state index contributed by atoms with van der Waals surface area (Å²) in [6.07, 6.45) is 1.28. The minimum absolute atomic E-state index is 0.267. The Kier molecular flexibility index (Phi) is 4.14. The average molecular weight is 257 g/mol. The van der Waals surface area contributed by atoms with Crippen molar-refractivity contribution in [2.75, 3.05) is 0 Å². The first-order chi connectivity index (χ1) is 6.63. The van der Waals surface area contributed by atoms with E-state index in [0.717, 1.165) is 10.0 Å². The van der Waals surface area contributed by atoms with Gasteiger partial charge >= 0.3 is 5.97 Å². The van der Waals surface area contributed by atoms with E-state index in [1.54, 1.807) is 0 Å². The van der Waals surface area contributed by atoms with Gasteiger partial charge < -0.3 is 5.11 Å². The normalized spacial score (nSPS) is 12.4. The van der Waals surface area contributed by atoms with Gasteiger partial charge in [0.15, 0.2) is 0 Å². The molecular formula is C11H13BrO2. The highest BCUT2D eigenvalue weighted by atomic mass is 79.9. The van der Waals surface area contributed by atoms with Crippen LogP contribution in [-0.2, 0) is 11.2 Å². The molecular weight excluding hydrogens is 244 g/mol. The van der Waals surface area contributed by atoms with Crippen LogP contribution in [-0.4, -0.2) is 11.1 Å². The molecule has 0 aliphatic heterocycles. The predicted octanol–water partition coefficient (Wildman–Crippen LogP) is 3.10. The molecule has 1 N–H and O–H groups in total. The number of aliphatic carboxylic acids is 1. The van der Waals surface area contributed by atoms with Gasteiger partial charge in [0.25, 0.3) is 0 Å². The van der Waals surface area contributed by atoms with E-state index in [0.29, 0.717) is 12.8 Å². The van der Waals surface area contributed by atoms with Gasteiger partial charge in [-0.25, -0.2) is 0 Å². The Balaban J connectivity index is 2.67. The van der Waals surface area contributed by atoms with E-state index in [1.165, 1.54) is 0 Å². The fourth-order valence-electron chi connectivity index (χ4n) is 1.31. The highest BCUT2D eigenvalue weighted by Crippen LogP contribution is 2.15. The van der Waals surface area contributed by atoms with Crippen molar-refractivity contribution in [3.05, 3.63) is 34.3 Å². The number of carboxylic acids is 1. The summed E-state index contributed by atoms with van der Waals surface area (Å²) in [5, 5.41) is 8.88. The van der Waals surface area contributed by atoms with Gasteiger partial charge in [0, 0.05) is 4.47 Å². The van der Waals surface area contributed by atoms with Gasteiger partial charge in [-0.2, -0.15) is 0 Å². The van der Waals surface area contributed by atoms with Gasteiger partial charge in [-0.15, -0.1) is 0 Å². The van der Waals surface area contributed by atoms with Crippen molar-refractivity contribution in [1.29, 1.82) is 0 Å². The molecule has 0 amide bonds. The van der Waals surface area contributed by atoms with Crippen LogP contribution in [0, 0.1) is 5.92 Å². The Morgan fingerprint density at radius 1 is 1.43 bits per heavy atom. The Morgan fingerprint density at radius 2 is 2.00 bits per heavy atom. The van der Waals surface area contributed by atoms with E-state index in [4.69, 9.17) is 5.11 Å². The third-order valence-electron chi connectivity index (χ3n) is 2.24. The standard InChI is InChI=1S/C11H13BrO2/c1-2-9(11(13)14)7-8-3-5-10(12)6-4-8/h3-6,9H,2,7H2,1H3,(H,13,14)/t9-/m1/s1. The van der Waals surface area contributed by atoms with E-state index in [-0.39, 0.29) is 5.92 Å². The summed E-state index contributed by atoms with van der Waals surface area (Å²) in [5.74, 6) is -0.980. The lowest BCUT2D eigenvalue weighted by atomic mass is 9.97. The monoisotopic (exact) mass is 256 g/mol. The number of carbonyl (C=O) groups is 1. The first-order valence-corrected chi connectivity index (χ1v) is 5.40. The second kappa shape index (κ2) is 5.15. The molecule has 1 aromatic rings. The molecule has 0 saturated carbocycles. The predicted molar refractivity (Wildman–Crippen MR) is 59.3 cm³/mol. The van der Waals surface area contributed by atoms with Crippen LogP contribution in [0.5, 0.6) is 0 Å². The number of halogens is 1. The molecule has 2 nitrogen and oxygen atoms in total. The van der Waals surface area contributed by atoms with Crippen molar-refractivity contribution >= 4 is 21.9 Å². The van der Waals surface area contributed by atoms with Gasteiger partial charge in [-0.05, 0) is 30.5 Å². The smallest absolute Gasteiger partial charge is 0.306 e. The zero-order valence-electron chi connectivity index (χ0n) is 8.03. The molecule has 0 fully saturated rings. The number of hydrogen-bond acceptors (Lipinski definition) is 1. The largest absolute Gasteiger partial charge is 0.481 e. The molecule has 0 saturated heterocycles. The number of carboxylic acid groups (broad SMARTS) is 1. The number of rotatable bonds is 4. The zero-order valence-corrected chi connectivity index (χ0v) is 9.62. The van der Waals surface area contributed by atoms with Crippen molar-refractivity contribution in [2.45, 2.75) is 19.8 Å². The van der Waals surface area contributed by atoms with Crippen molar-refractivity contribution in [3.63, 3.8) is 0 Å². The van der Waals surface area contributed by atoms with Gasteiger partial charge in [0.05, 0.1) is 5.92 Å². The van der Waals surface area contributed by atoms with Gasteiger partial charge in [-0.1, -0.05) is 35.0 Å². The Labute approximate surface area is 92.1 Å². The van der Waals surface area contributed by atoms with Crippen LogP contribution in [0.2, 0.25) is 0 Å². The van der Waals surface area contributed by atoms with Crippen LogP contribution in [0.4, 0.5) is 0 Å². The summed E-state index contributed by atoms with van der Waals surface area (Å²) in [4.78, 5) is 10.8. The fraction of sp³-hybridized carbons (Fsp3) is 0.364. The molecule has 0 aliphatic carbocycles. The SMILES string of the molecule is CC[C@H](Cc1ccc(Br)cc1)C(=O)O. The molecule has 3 heteroatoms. The molecule has 76 valence electrons. The highest BCUT2D eigenvalue weighted by molar-refractivity contribution is 9.10. The molecule has 1 rings (SSSR count). The molecule has 1 atom stereocenters. The molecule has 0 aromatic heterocycles. The summed E-state index contributed by atoms with van der Waals surface area (Å²) < 4.78 is 1.02. The van der Waals surface area contributed by atoms with E-state index in [2.05, 4.69) is 15.9 Å². The van der Waals surface area contributed by atoms with Crippen molar-refractivity contribution in [1.82, 2.24) is 0 Å². The maximum absolute atomic E-state index is 10.8. The van der Waals surface area contributed by atoms with E-state index in [1.807, 2.05) is 31.2 Å². The van der Waals surface area contributed by atoms with E-state index in [9.17, 15) is 4.79 Å². The molecule has 0 radical (unpaired) electrons. The second-order valence-corrected chi connectivity index (χ2v) is 4.19. The lowest BCUT2D eigenvalue weighted by Crippen LogP contribution is -2.15. The van der Waals surface area contributed by atoms with Gasteiger partial charge in [-0.3, -0.25) is 4.79 Å². The topological polar surface area (TPSA) is 37.3 Å². The zero-order chi connectivity index (χ0) is 10.6. The Morgan fingerprint density at radius 3 is 2.43 bits per heavy atom. The number of hydrogen-bond donors (Lipinski definition) is 1. The summed E-state index contributed by atoms with van der Waals surface area (Å²) in [5.41, 5.74) is 1.07. The van der Waals surface area contributed by atoms with Crippen LogP contribution in [0.1, 0.15) is 18.9 Å². The average Bonchev–Trinajstić information content (AvgIpc) is 2.16. The van der Waals surface area contributed by atoms with Crippen LogP contribution >= 0.6 is 15.9 Å². The molecule has 0 heterocycles. The maximum Gasteiger partial charge on any atom is 0.306 e. The number of benzene rings is 1. The lowest BCUT2D eigenvalue weighted by molar-refractivity contribution is -0.141. The minimum atomic E-state index is -0.713.